The molecular formula is C13H26N4. The summed E-state index contributed by atoms with van der Waals surface area (Å²) in [5, 5.41) is 7.66. The molecule has 98 valence electrons. The molecule has 0 aliphatic rings. The van der Waals surface area contributed by atoms with Gasteiger partial charge in [-0.3, -0.25) is 4.68 Å². The second kappa shape index (κ2) is 5.54. The van der Waals surface area contributed by atoms with E-state index in [0.717, 1.165) is 30.9 Å². The summed E-state index contributed by atoms with van der Waals surface area (Å²) >= 11 is 0. The molecule has 0 spiro atoms. The Morgan fingerprint density at radius 1 is 1.47 bits per heavy atom. The third kappa shape index (κ3) is 5.22. The standard InChI is InChI=1S/C13H26N4/c1-10-8-12(17(5)16-10)15-7-6-11(14)9-13(2,3)4/h8,11,15H,6-7,9,14H2,1-5H3. The summed E-state index contributed by atoms with van der Waals surface area (Å²) in [5.74, 6) is 1.06. The fourth-order valence-electron chi connectivity index (χ4n) is 2.05. The van der Waals surface area contributed by atoms with Gasteiger partial charge in [-0.15, -0.1) is 0 Å². The summed E-state index contributed by atoms with van der Waals surface area (Å²) in [7, 11) is 1.95. The summed E-state index contributed by atoms with van der Waals surface area (Å²) in [4.78, 5) is 0. The molecule has 0 saturated heterocycles. The Bertz CT molecular complexity index is 349. The largest absolute Gasteiger partial charge is 0.370 e. The molecule has 0 radical (unpaired) electrons. The Kier molecular flexibility index (Phi) is 4.57. The van der Waals surface area contributed by atoms with Gasteiger partial charge in [0.2, 0.25) is 0 Å². The maximum absolute atomic E-state index is 6.10. The van der Waals surface area contributed by atoms with Crippen molar-refractivity contribution in [2.45, 2.75) is 46.6 Å². The molecule has 0 amide bonds. The van der Waals surface area contributed by atoms with Gasteiger partial charge in [0.1, 0.15) is 5.82 Å². The van der Waals surface area contributed by atoms with Gasteiger partial charge in [-0.25, -0.2) is 0 Å². The molecule has 1 unspecified atom stereocenters. The van der Waals surface area contributed by atoms with E-state index >= 15 is 0 Å². The lowest BCUT2D eigenvalue weighted by atomic mass is 9.87. The molecule has 0 aromatic carbocycles. The van der Waals surface area contributed by atoms with E-state index in [-0.39, 0.29) is 6.04 Å². The number of aromatic nitrogens is 2. The molecule has 4 nitrogen and oxygen atoms in total. The molecule has 4 heteroatoms. The first-order valence-corrected chi connectivity index (χ1v) is 6.28. The maximum atomic E-state index is 6.10. The fourth-order valence-corrected chi connectivity index (χ4v) is 2.05. The topological polar surface area (TPSA) is 55.9 Å². The van der Waals surface area contributed by atoms with E-state index in [2.05, 4.69) is 37.3 Å². The molecule has 1 aromatic heterocycles. The van der Waals surface area contributed by atoms with Crippen LogP contribution in [-0.2, 0) is 7.05 Å². The first-order chi connectivity index (χ1) is 7.78. The van der Waals surface area contributed by atoms with Gasteiger partial charge >= 0.3 is 0 Å². The second-order valence-electron chi connectivity index (χ2n) is 6.03. The summed E-state index contributed by atoms with van der Waals surface area (Å²) in [6.45, 7) is 9.58. The van der Waals surface area contributed by atoms with Crippen LogP contribution in [0.4, 0.5) is 5.82 Å². The molecule has 1 atom stereocenters. The highest BCUT2D eigenvalue weighted by Gasteiger charge is 2.15. The van der Waals surface area contributed by atoms with Crippen molar-refractivity contribution in [2.75, 3.05) is 11.9 Å². The van der Waals surface area contributed by atoms with Crippen LogP contribution in [0.5, 0.6) is 0 Å². The highest BCUT2D eigenvalue weighted by atomic mass is 15.3. The number of anilines is 1. The van der Waals surface area contributed by atoms with Crippen molar-refractivity contribution in [3.05, 3.63) is 11.8 Å². The van der Waals surface area contributed by atoms with Crippen LogP contribution in [0.15, 0.2) is 6.07 Å². The van der Waals surface area contributed by atoms with E-state index in [9.17, 15) is 0 Å². The number of hydrogen-bond acceptors (Lipinski definition) is 3. The lowest BCUT2D eigenvalue weighted by molar-refractivity contribution is 0.334. The van der Waals surface area contributed by atoms with Gasteiger partial charge in [0, 0.05) is 25.7 Å². The molecule has 0 bridgehead atoms. The number of aryl methyl sites for hydroxylation is 2. The zero-order chi connectivity index (χ0) is 13.1. The minimum Gasteiger partial charge on any atom is -0.370 e. The van der Waals surface area contributed by atoms with Crippen molar-refractivity contribution < 1.29 is 0 Å². The highest BCUT2D eigenvalue weighted by Crippen LogP contribution is 2.21. The Hall–Kier alpha value is -1.03. The van der Waals surface area contributed by atoms with Crippen molar-refractivity contribution in [3.8, 4) is 0 Å². The number of hydrogen-bond donors (Lipinski definition) is 2. The molecule has 0 saturated carbocycles. The molecule has 0 fully saturated rings. The van der Waals surface area contributed by atoms with E-state index < -0.39 is 0 Å². The summed E-state index contributed by atoms with van der Waals surface area (Å²) < 4.78 is 1.87. The van der Waals surface area contributed by atoms with Crippen LogP contribution >= 0.6 is 0 Å². The Morgan fingerprint density at radius 3 is 2.59 bits per heavy atom. The Morgan fingerprint density at radius 2 is 2.12 bits per heavy atom. The Labute approximate surface area is 105 Å². The van der Waals surface area contributed by atoms with E-state index in [1.165, 1.54) is 0 Å². The lowest BCUT2D eigenvalue weighted by Gasteiger charge is -2.23. The smallest absolute Gasteiger partial charge is 0.124 e. The van der Waals surface area contributed by atoms with Crippen LogP contribution in [0.2, 0.25) is 0 Å². The number of nitrogens with one attached hydrogen (secondary N) is 1. The molecule has 1 rings (SSSR count). The SMILES string of the molecule is Cc1cc(NCCC(N)CC(C)(C)C)n(C)n1. The molecule has 0 aliphatic carbocycles. The summed E-state index contributed by atoms with van der Waals surface area (Å²) in [6.07, 6.45) is 2.04. The van der Waals surface area contributed by atoms with Crippen LogP contribution in [0, 0.1) is 12.3 Å². The maximum Gasteiger partial charge on any atom is 0.124 e. The van der Waals surface area contributed by atoms with Crippen molar-refractivity contribution in [1.29, 1.82) is 0 Å². The minimum atomic E-state index is 0.261. The van der Waals surface area contributed by atoms with Crippen LogP contribution < -0.4 is 11.1 Å². The van der Waals surface area contributed by atoms with Gasteiger partial charge in [-0.2, -0.15) is 5.10 Å². The normalized spacial score (nSPS) is 13.8. The van der Waals surface area contributed by atoms with Gasteiger partial charge in [-0.05, 0) is 25.2 Å². The average molecular weight is 238 g/mol. The van der Waals surface area contributed by atoms with Gasteiger partial charge in [0.25, 0.3) is 0 Å². The number of rotatable bonds is 5. The van der Waals surface area contributed by atoms with E-state index in [4.69, 9.17) is 5.73 Å². The van der Waals surface area contributed by atoms with Crippen LogP contribution in [0.25, 0.3) is 0 Å². The molecule has 0 aliphatic heterocycles. The van der Waals surface area contributed by atoms with Gasteiger partial charge in [0.15, 0.2) is 0 Å². The van der Waals surface area contributed by atoms with E-state index in [1.54, 1.807) is 0 Å². The van der Waals surface area contributed by atoms with Gasteiger partial charge in [0.05, 0.1) is 5.69 Å². The van der Waals surface area contributed by atoms with E-state index in [0.29, 0.717) is 5.41 Å². The predicted molar refractivity (Wildman–Crippen MR) is 73.1 cm³/mol. The molecule has 3 N–H and O–H groups in total. The van der Waals surface area contributed by atoms with Crippen molar-refractivity contribution in [1.82, 2.24) is 9.78 Å². The van der Waals surface area contributed by atoms with Crippen LogP contribution in [0.3, 0.4) is 0 Å². The van der Waals surface area contributed by atoms with Crippen molar-refractivity contribution in [2.24, 2.45) is 18.2 Å². The first-order valence-electron chi connectivity index (χ1n) is 6.28. The number of nitrogens with zero attached hydrogens (tertiary/aromatic N) is 2. The van der Waals surface area contributed by atoms with Gasteiger partial charge in [-0.1, -0.05) is 20.8 Å². The third-order valence-electron chi connectivity index (χ3n) is 2.70. The Balaban J connectivity index is 2.31. The van der Waals surface area contributed by atoms with Crippen LogP contribution in [-0.4, -0.2) is 22.4 Å². The molecule has 1 aromatic rings. The zero-order valence-electron chi connectivity index (χ0n) is 11.7. The molecule has 1 heterocycles. The lowest BCUT2D eigenvalue weighted by Crippen LogP contribution is -2.28. The van der Waals surface area contributed by atoms with Crippen LogP contribution in [0.1, 0.15) is 39.3 Å². The highest BCUT2D eigenvalue weighted by molar-refractivity contribution is 5.36. The monoisotopic (exact) mass is 238 g/mol. The minimum absolute atomic E-state index is 0.261. The predicted octanol–water partition coefficient (Wildman–Crippen LogP) is 2.29. The van der Waals surface area contributed by atoms with Gasteiger partial charge < -0.3 is 11.1 Å². The summed E-state index contributed by atoms with van der Waals surface area (Å²) in [6, 6.07) is 2.31. The first kappa shape index (κ1) is 14.0. The third-order valence-corrected chi connectivity index (χ3v) is 2.70. The second-order valence-corrected chi connectivity index (χ2v) is 6.03. The quantitative estimate of drug-likeness (QED) is 0.827. The molecular weight excluding hydrogens is 212 g/mol. The summed E-state index contributed by atoms with van der Waals surface area (Å²) in [5.41, 5.74) is 7.45. The van der Waals surface area contributed by atoms with Crippen molar-refractivity contribution >= 4 is 5.82 Å². The fraction of sp³-hybridized carbons (Fsp3) is 0.769. The van der Waals surface area contributed by atoms with E-state index in [1.807, 2.05) is 18.7 Å². The van der Waals surface area contributed by atoms with Crippen molar-refractivity contribution in [3.63, 3.8) is 0 Å². The molecule has 17 heavy (non-hydrogen) atoms. The number of nitrogens with two attached hydrogens (primary N) is 1. The average Bonchev–Trinajstić information content (AvgIpc) is 2.42. The zero-order valence-corrected chi connectivity index (χ0v) is 11.7.